The van der Waals surface area contributed by atoms with Gasteiger partial charge in [0.2, 0.25) is 10.0 Å². The molecule has 0 bridgehead atoms. The highest BCUT2D eigenvalue weighted by Gasteiger charge is 2.18. The Morgan fingerprint density at radius 3 is 2.59 bits per heavy atom. The Balaban J connectivity index is 1.89. The molecule has 2 N–H and O–H groups in total. The molecule has 0 saturated heterocycles. The number of rotatable bonds is 7. The number of nitrogens with one attached hydrogen (secondary N) is 2. The van der Waals surface area contributed by atoms with Crippen LogP contribution in [0.5, 0.6) is 0 Å². The van der Waals surface area contributed by atoms with E-state index in [0.717, 1.165) is 23.6 Å². The summed E-state index contributed by atoms with van der Waals surface area (Å²) in [5.74, 6) is 0. The van der Waals surface area contributed by atoms with Crippen molar-refractivity contribution >= 4 is 38.6 Å². The predicted octanol–water partition coefficient (Wildman–Crippen LogP) is 3.28. The number of hydrogen-bond acceptors (Lipinski definition) is 5. The van der Waals surface area contributed by atoms with Crippen molar-refractivity contribution in [2.45, 2.75) is 18.4 Å². The summed E-state index contributed by atoms with van der Waals surface area (Å²) in [6, 6.07) is 8.65. The molecular weight excluding hydrogens is 386 g/mol. The molecule has 0 saturated carbocycles. The van der Waals surface area contributed by atoms with Crippen molar-refractivity contribution in [1.82, 2.24) is 13.7 Å². The third-order valence-corrected chi connectivity index (χ3v) is 6.10. The van der Waals surface area contributed by atoms with E-state index in [2.05, 4.69) is 15.6 Å². The van der Waals surface area contributed by atoms with Gasteiger partial charge >= 0.3 is 0 Å². The molecule has 7 nitrogen and oxygen atoms in total. The molecule has 0 amide bonds. The largest absolute Gasteiger partial charge is 0.384 e. The zero-order valence-electron chi connectivity index (χ0n) is 15.4. The second-order valence-electron chi connectivity index (χ2n) is 6.22. The first kappa shape index (κ1) is 19.5. The van der Waals surface area contributed by atoms with E-state index < -0.39 is 10.0 Å². The Hall–Kier alpha value is -2.29. The van der Waals surface area contributed by atoms with E-state index in [9.17, 15) is 8.42 Å². The molecule has 0 aliphatic rings. The fraction of sp³-hybridized carbons (Fsp3) is 0.278. The number of sulfonamides is 1. The van der Waals surface area contributed by atoms with E-state index in [4.69, 9.17) is 11.6 Å². The number of benzene rings is 1. The number of aromatic nitrogens is 2. The van der Waals surface area contributed by atoms with Gasteiger partial charge in [-0.25, -0.2) is 17.7 Å². The molecular formula is C18H22ClN5O2S. The standard InChI is InChI=1S/C18H22ClN5O2S/c1-4-20-16-7-6-15(27(25,26)23(2)3)9-17(16)21-10-14-12-24-11-13(19)5-8-18(24)22-14/h5-9,11-12,20-21H,4,10H2,1-3H3. The van der Waals surface area contributed by atoms with Crippen LogP contribution in [-0.4, -0.2) is 42.7 Å². The van der Waals surface area contributed by atoms with Gasteiger partial charge in [-0.1, -0.05) is 11.6 Å². The van der Waals surface area contributed by atoms with E-state index in [-0.39, 0.29) is 4.90 Å². The van der Waals surface area contributed by atoms with Gasteiger partial charge in [-0.3, -0.25) is 0 Å². The summed E-state index contributed by atoms with van der Waals surface area (Å²) in [6.45, 7) is 3.16. The maximum atomic E-state index is 12.4. The molecule has 2 heterocycles. The summed E-state index contributed by atoms with van der Waals surface area (Å²) in [6.07, 6.45) is 3.68. The minimum absolute atomic E-state index is 0.235. The fourth-order valence-corrected chi connectivity index (χ4v) is 3.77. The van der Waals surface area contributed by atoms with Crippen molar-refractivity contribution < 1.29 is 8.42 Å². The third-order valence-electron chi connectivity index (χ3n) is 4.06. The Bertz CT molecular complexity index is 1060. The van der Waals surface area contributed by atoms with E-state index in [0.29, 0.717) is 17.3 Å². The minimum Gasteiger partial charge on any atom is -0.384 e. The highest BCUT2D eigenvalue weighted by Crippen LogP contribution is 2.27. The molecule has 1 aromatic carbocycles. The van der Waals surface area contributed by atoms with Crippen LogP contribution < -0.4 is 10.6 Å². The van der Waals surface area contributed by atoms with Crippen LogP contribution in [0.1, 0.15) is 12.6 Å². The van der Waals surface area contributed by atoms with Crippen LogP contribution in [-0.2, 0) is 16.6 Å². The molecule has 3 aromatic rings. The van der Waals surface area contributed by atoms with Crippen LogP contribution >= 0.6 is 11.6 Å². The smallest absolute Gasteiger partial charge is 0.242 e. The molecule has 9 heteroatoms. The quantitative estimate of drug-likeness (QED) is 0.628. The maximum absolute atomic E-state index is 12.4. The van der Waals surface area contributed by atoms with Crippen LogP contribution in [0.15, 0.2) is 47.6 Å². The Morgan fingerprint density at radius 1 is 1.11 bits per heavy atom. The van der Waals surface area contributed by atoms with Gasteiger partial charge in [0.15, 0.2) is 0 Å². The van der Waals surface area contributed by atoms with Gasteiger partial charge < -0.3 is 15.0 Å². The summed E-state index contributed by atoms with van der Waals surface area (Å²) in [7, 11) is -0.476. The van der Waals surface area contributed by atoms with E-state index in [1.165, 1.54) is 18.4 Å². The summed E-state index contributed by atoms with van der Waals surface area (Å²) >= 11 is 6.01. The number of fused-ring (bicyclic) bond motifs is 1. The lowest BCUT2D eigenvalue weighted by molar-refractivity contribution is 0.521. The molecule has 3 rings (SSSR count). The molecule has 2 aromatic heterocycles. The first-order valence-corrected chi connectivity index (χ1v) is 10.3. The molecule has 0 aliphatic heterocycles. The van der Waals surface area contributed by atoms with E-state index in [1.807, 2.05) is 23.6 Å². The zero-order valence-corrected chi connectivity index (χ0v) is 17.0. The Labute approximate surface area is 164 Å². The summed E-state index contributed by atoms with van der Waals surface area (Å²) in [4.78, 5) is 4.77. The number of halogens is 1. The molecule has 0 radical (unpaired) electrons. The first-order chi connectivity index (χ1) is 12.8. The third kappa shape index (κ3) is 4.18. The molecule has 27 heavy (non-hydrogen) atoms. The molecule has 0 aliphatic carbocycles. The van der Waals surface area contributed by atoms with Gasteiger partial charge in [0, 0.05) is 33.0 Å². The average molecular weight is 408 g/mol. The summed E-state index contributed by atoms with van der Waals surface area (Å²) < 4.78 is 27.9. The molecule has 0 unspecified atom stereocenters. The number of pyridine rings is 1. The van der Waals surface area contributed by atoms with Crippen molar-refractivity contribution in [3.63, 3.8) is 0 Å². The van der Waals surface area contributed by atoms with Gasteiger partial charge in [-0.05, 0) is 37.3 Å². The van der Waals surface area contributed by atoms with Gasteiger partial charge in [-0.2, -0.15) is 0 Å². The Kier molecular flexibility index (Phi) is 5.59. The van der Waals surface area contributed by atoms with Crippen LogP contribution in [0.25, 0.3) is 5.65 Å². The van der Waals surface area contributed by atoms with E-state index >= 15 is 0 Å². The van der Waals surface area contributed by atoms with Crippen molar-refractivity contribution in [2.24, 2.45) is 0 Å². The molecule has 0 fully saturated rings. The second kappa shape index (κ2) is 7.75. The number of anilines is 2. The van der Waals surface area contributed by atoms with Crippen LogP contribution in [0.3, 0.4) is 0 Å². The maximum Gasteiger partial charge on any atom is 0.242 e. The first-order valence-electron chi connectivity index (χ1n) is 8.48. The number of imidazole rings is 1. The minimum atomic E-state index is -3.51. The lowest BCUT2D eigenvalue weighted by Gasteiger charge is -2.16. The van der Waals surface area contributed by atoms with Gasteiger partial charge in [-0.15, -0.1) is 0 Å². The van der Waals surface area contributed by atoms with Gasteiger partial charge in [0.05, 0.1) is 33.5 Å². The zero-order chi connectivity index (χ0) is 19.6. The number of hydrogen-bond donors (Lipinski definition) is 2. The normalized spacial score (nSPS) is 11.9. The molecule has 0 atom stereocenters. The fourth-order valence-electron chi connectivity index (χ4n) is 2.67. The van der Waals surface area contributed by atoms with Crippen LogP contribution in [0, 0.1) is 0 Å². The predicted molar refractivity (Wildman–Crippen MR) is 109 cm³/mol. The van der Waals surface area contributed by atoms with Gasteiger partial charge in [0.25, 0.3) is 0 Å². The highest BCUT2D eigenvalue weighted by molar-refractivity contribution is 7.89. The highest BCUT2D eigenvalue weighted by atomic mass is 35.5. The number of nitrogens with zero attached hydrogens (tertiary/aromatic N) is 3. The SMILES string of the molecule is CCNc1ccc(S(=O)(=O)N(C)C)cc1NCc1cn2cc(Cl)ccc2n1. The molecule has 144 valence electrons. The Morgan fingerprint density at radius 2 is 1.89 bits per heavy atom. The van der Waals surface area contributed by atoms with Crippen LogP contribution in [0.2, 0.25) is 5.02 Å². The second-order valence-corrected chi connectivity index (χ2v) is 8.81. The summed E-state index contributed by atoms with van der Waals surface area (Å²) in [5, 5.41) is 7.16. The lowest BCUT2D eigenvalue weighted by atomic mass is 10.2. The summed E-state index contributed by atoms with van der Waals surface area (Å²) in [5.41, 5.74) is 3.16. The van der Waals surface area contributed by atoms with Gasteiger partial charge in [0.1, 0.15) is 5.65 Å². The van der Waals surface area contributed by atoms with Crippen molar-refractivity contribution in [1.29, 1.82) is 0 Å². The average Bonchev–Trinajstić information content (AvgIpc) is 3.02. The topological polar surface area (TPSA) is 78.7 Å². The van der Waals surface area contributed by atoms with Crippen molar-refractivity contribution in [3.8, 4) is 0 Å². The lowest BCUT2D eigenvalue weighted by Crippen LogP contribution is -2.22. The monoisotopic (exact) mass is 407 g/mol. The van der Waals surface area contributed by atoms with Crippen molar-refractivity contribution in [2.75, 3.05) is 31.3 Å². The van der Waals surface area contributed by atoms with E-state index in [1.54, 1.807) is 30.5 Å². The van der Waals surface area contributed by atoms with Crippen LogP contribution in [0.4, 0.5) is 11.4 Å². The molecule has 0 spiro atoms. The van der Waals surface area contributed by atoms with Crippen molar-refractivity contribution in [3.05, 3.63) is 53.4 Å².